The molecule has 2 rings (SSSR count). The van der Waals surface area contributed by atoms with Gasteiger partial charge in [0.05, 0.1) is 19.8 Å². The Labute approximate surface area is 87.7 Å². The number of esters is 2. The number of rotatable bonds is 2. The van der Waals surface area contributed by atoms with Crippen LogP contribution in [0, 0.1) is 11.3 Å². The highest BCUT2D eigenvalue weighted by Gasteiger charge is 2.65. The number of cyclic esters (lactones) is 1. The highest BCUT2D eigenvalue weighted by Crippen LogP contribution is 2.50. The van der Waals surface area contributed by atoms with Crippen LogP contribution in [0.3, 0.4) is 0 Å². The molecular weight excluding hydrogens is 200 g/mol. The number of ether oxygens (including phenoxy) is 3. The lowest BCUT2D eigenvalue weighted by Crippen LogP contribution is -2.41. The van der Waals surface area contributed by atoms with Gasteiger partial charge in [0.15, 0.2) is 5.41 Å². The molecular formula is C10H14O5. The average molecular weight is 214 g/mol. The van der Waals surface area contributed by atoms with Crippen LogP contribution in [0.2, 0.25) is 0 Å². The van der Waals surface area contributed by atoms with Gasteiger partial charge in [0.25, 0.3) is 0 Å². The quantitative estimate of drug-likeness (QED) is 0.483. The first-order valence-corrected chi connectivity index (χ1v) is 4.95. The molecule has 0 spiro atoms. The van der Waals surface area contributed by atoms with Crippen molar-refractivity contribution in [3.63, 3.8) is 0 Å². The van der Waals surface area contributed by atoms with Gasteiger partial charge in [0.2, 0.25) is 0 Å². The van der Waals surface area contributed by atoms with Gasteiger partial charge in [0, 0.05) is 13.0 Å². The van der Waals surface area contributed by atoms with Crippen LogP contribution in [0.1, 0.15) is 12.8 Å². The molecule has 5 heteroatoms. The maximum absolute atomic E-state index is 11.7. The van der Waals surface area contributed by atoms with E-state index in [1.165, 1.54) is 7.11 Å². The molecule has 0 aromatic rings. The van der Waals surface area contributed by atoms with E-state index in [4.69, 9.17) is 14.2 Å². The summed E-state index contributed by atoms with van der Waals surface area (Å²) in [5.74, 6) is -1.14. The minimum atomic E-state index is -1.10. The lowest BCUT2D eigenvalue weighted by Gasteiger charge is -2.22. The number of carbonyl (C=O) groups is 2. The molecule has 1 saturated carbocycles. The third-order valence-electron chi connectivity index (χ3n) is 3.52. The van der Waals surface area contributed by atoms with E-state index in [2.05, 4.69) is 0 Å². The Morgan fingerprint density at radius 2 is 2.27 bits per heavy atom. The molecule has 5 nitrogen and oxygen atoms in total. The predicted octanol–water partition coefficient (Wildman–Crippen LogP) is 0.128. The van der Waals surface area contributed by atoms with Crippen LogP contribution < -0.4 is 0 Å². The van der Waals surface area contributed by atoms with E-state index in [0.29, 0.717) is 12.8 Å². The molecule has 3 atom stereocenters. The predicted molar refractivity (Wildman–Crippen MR) is 48.9 cm³/mol. The summed E-state index contributed by atoms with van der Waals surface area (Å²) < 4.78 is 14.9. The minimum absolute atomic E-state index is 0.0875. The van der Waals surface area contributed by atoms with Crippen molar-refractivity contribution in [3.8, 4) is 0 Å². The van der Waals surface area contributed by atoms with Crippen LogP contribution in [0.15, 0.2) is 0 Å². The highest BCUT2D eigenvalue weighted by atomic mass is 16.6. The summed E-state index contributed by atoms with van der Waals surface area (Å²) >= 11 is 0. The fraction of sp³-hybridized carbons (Fsp3) is 0.800. The van der Waals surface area contributed by atoms with Crippen LogP contribution in [0.25, 0.3) is 0 Å². The molecule has 1 aliphatic carbocycles. The number of hydrogen-bond donors (Lipinski definition) is 0. The van der Waals surface area contributed by atoms with Gasteiger partial charge in [-0.1, -0.05) is 0 Å². The number of hydrogen-bond acceptors (Lipinski definition) is 5. The Morgan fingerprint density at radius 1 is 1.53 bits per heavy atom. The monoisotopic (exact) mass is 214 g/mol. The summed E-state index contributed by atoms with van der Waals surface area (Å²) in [5.41, 5.74) is -1.10. The third kappa shape index (κ3) is 1.19. The van der Waals surface area contributed by atoms with Crippen LogP contribution in [0.4, 0.5) is 0 Å². The first kappa shape index (κ1) is 10.4. The molecule has 0 N–H and O–H groups in total. The van der Waals surface area contributed by atoms with Crippen molar-refractivity contribution >= 4 is 11.9 Å². The fourth-order valence-electron chi connectivity index (χ4n) is 2.67. The minimum Gasteiger partial charge on any atom is -0.468 e. The molecule has 84 valence electrons. The first-order chi connectivity index (χ1) is 7.16. The van der Waals surface area contributed by atoms with Crippen molar-refractivity contribution in [2.45, 2.75) is 18.9 Å². The zero-order valence-electron chi connectivity index (χ0n) is 8.82. The van der Waals surface area contributed by atoms with E-state index >= 15 is 0 Å². The summed E-state index contributed by atoms with van der Waals surface area (Å²) in [6.07, 6.45) is 1.07. The molecule has 2 aliphatic rings. The lowest BCUT2D eigenvalue weighted by molar-refractivity contribution is -0.164. The van der Waals surface area contributed by atoms with Crippen LogP contribution in [-0.2, 0) is 23.8 Å². The van der Waals surface area contributed by atoms with Crippen molar-refractivity contribution in [1.82, 2.24) is 0 Å². The van der Waals surface area contributed by atoms with Crippen molar-refractivity contribution in [1.29, 1.82) is 0 Å². The van der Waals surface area contributed by atoms with E-state index in [9.17, 15) is 9.59 Å². The van der Waals surface area contributed by atoms with E-state index < -0.39 is 17.4 Å². The molecule has 0 radical (unpaired) electrons. The Morgan fingerprint density at radius 3 is 2.87 bits per heavy atom. The molecule has 1 aliphatic heterocycles. The second kappa shape index (κ2) is 3.48. The van der Waals surface area contributed by atoms with E-state index in [1.807, 2.05) is 0 Å². The zero-order valence-corrected chi connectivity index (χ0v) is 8.82. The summed E-state index contributed by atoms with van der Waals surface area (Å²) in [7, 11) is 2.88. The lowest BCUT2D eigenvalue weighted by atomic mass is 9.79. The van der Waals surface area contributed by atoms with E-state index in [1.54, 1.807) is 7.11 Å². The topological polar surface area (TPSA) is 61.8 Å². The molecule has 0 unspecified atom stereocenters. The summed E-state index contributed by atoms with van der Waals surface area (Å²) in [4.78, 5) is 23.4. The number of fused-ring (bicyclic) bond motifs is 1. The summed E-state index contributed by atoms with van der Waals surface area (Å²) in [6.45, 7) is 0.256. The van der Waals surface area contributed by atoms with Gasteiger partial charge in [-0.15, -0.1) is 0 Å². The highest BCUT2D eigenvalue weighted by molar-refractivity contribution is 6.02. The Hall–Kier alpha value is -1.10. The second-order valence-corrected chi connectivity index (χ2v) is 3.98. The summed E-state index contributed by atoms with van der Waals surface area (Å²) in [6, 6.07) is 0. The maximum atomic E-state index is 11.7. The van der Waals surface area contributed by atoms with Gasteiger partial charge < -0.3 is 14.2 Å². The third-order valence-corrected chi connectivity index (χ3v) is 3.52. The summed E-state index contributed by atoms with van der Waals surface area (Å²) in [5, 5.41) is 0. The van der Waals surface area contributed by atoms with Gasteiger partial charge in [-0.3, -0.25) is 9.59 Å². The Kier molecular flexibility index (Phi) is 2.42. The zero-order chi connectivity index (χ0) is 11.1. The van der Waals surface area contributed by atoms with Crippen LogP contribution in [-0.4, -0.2) is 38.9 Å². The normalized spacial score (nSPS) is 38.7. The Balaban J connectivity index is 2.34. The smallest absolute Gasteiger partial charge is 0.324 e. The number of methoxy groups -OCH3 is 2. The standard InChI is InChI=1S/C10H14O5/c1-13-7-3-4-10(8(11)14-2)6(7)5-15-9(10)12/h6-7H,3-5H2,1-2H3/t6-,7-,10+/m0/s1. The molecule has 0 bridgehead atoms. The SMILES string of the molecule is COC(=O)[C@@]12CC[C@H](OC)[C@@H]1COC2=O. The Bertz CT molecular complexity index is 300. The fourth-order valence-corrected chi connectivity index (χ4v) is 2.67. The van der Waals surface area contributed by atoms with E-state index in [-0.39, 0.29) is 18.6 Å². The van der Waals surface area contributed by atoms with Crippen molar-refractivity contribution in [2.24, 2.45) is 11.3 Å². The first-order valence-electron chi connectivity index (χ1n) is 4.95. The molecule has 0 amide bonds. The second-order valence-electron chi connectivity index (χ2n) is 3.98. The van der Waals surface area contributed by atoms with Crippen molar-refractivity contribution < 1.29 is 23.8 Å². The van der Waals surface area contributed by atoms with Gasteiger partial charge in [0.1, 0.15) is 0 Å². The molecule has 0 aromatic heterocycles. The van der Waals surface area contributed by atoms with Gasteiger partial charge in [-0.05, 0) is 12.8 Å². The largest absolute Gasteiger partial charge is 0.468 e. The van der Waals surface area contributed by atoms with Crippen molar-refractivity contribution in [2.75, 3.05) is 20.8 Å². The molecule has 0 aromatic carbocycles. The van der Waals surface area contributed by atoms with Crippen molar-refractivity contribution in [3.05, 3.63) is 0 Å². The number of carbonyl (C=O) groups excluding carboxylic acids is 2. The van der Waals surface area contributed by atoms with Gasteiger partial charge in [-0.2, -0.15) is 0 Å². The average Bonchev–Trinajstić information content (AvgIpc) is 2.77. The molecule has 2 fully saturated rings. The van der Waals surface area contributed by atoms with Gasteiger partial charge in [-0.25, -0.2) is 0 Å². The maximum Gasteiger partial charge on any atom is 0.324 e. The van der Waals surface area contributed by atoms with Gasteiger partial charge >= 0.3 is 11.9 Å². The van der Waals surface area contributed by atoms with Crippen LogP contribution >= 0.6 is 0 Å². The van der Waals surface area contributed by atoms with E-state index in [0.717, 1.165) is 0 Å². The van der Waals surface area contributed by atoms with Crippen LogP contribution in [0.5, 0.6) is 0 Å². The molecule has 1 heterocycles. The molecule has 1 saturated heterocycles. The molecule has 15 heavy (non-hydrogen) atoms.